The van der Waals surface area contributed by atoms with Crippen molar-refractivity contribution in [1.29, 1.82) is 0 Å². The van der Waals surface area contributed by atoms with Crippen molar-refractivity contribution in [1.82, 2.24) is 19.6 Å². The Labute approximate surface area is 129 Å². The molecule has 7 nitrogen and oxygen atoms in total. The molecular formula is C15H22N4O3. The standard InChI is InChI=1S/C15H22N4O3/c1-10(20)18-8-5-13-12(9-18)14(15(21)22)16-19(13)11-3-6-17(2)7-4-11/h11H,3-9H2,1-2H3,(H,21,22). The van der Waals surface area contributed by atoms with Gasteiger partial charge in [0.15, 0.2) is 5.69 Å². The molecule has 1 fully saturated rings. The number of fused-ring (bicyclic) bond motifs is 1. The Bertz CT molecular complexity index is 602. The van der Waals surface area contributed by atoms with E-state index in [-0.39, 0.29) is 17.6 Å². The van der Waals surface area contributed by atoms with Crippen molar-refractivity contribution in [2.75, 3.05) is 26.7 Å². The number of rotatable bonds is 2. The minimum Gasteiger partial charge on any atom is -0.476 e. The highest BCUT2D eigenvalue weighted by atomic mass is 16.4. The van der Waals surface area contributed by atoms with E-state index in [0.29, 0.717) is 25.1 Å². The first-order chi connectivity index (χ1) is 10.5. The number of carboxylic acids is 1. The number of carbonyl (C=O) groups is 2. The number of piperidine rings is 1. The zero-order valence-electron chi connectivity index (χ0n) is 13.1. The van der Waals surface area contributed by atoms with Crippen LogP contribution >= 0.6 is 0 Å². The van der Waals surface area contributed by atoms with Gasteiger partial charge in [0, 0.05) is 37.7 Å². The Morgan fingerprint density at radius 1 is 1.23 bits per heavy atom. The molecule has 1 aromatic heterocycles. The molecule has 7 heteroatoms. The van der Waals surface area contributed by atoms with Crippen LogP contribution in [0.1, 0.15) is 47.6 Å². The summed E-state index contributed by atoms with van der Waals surface area (Å²) in [6.45, 7) is 4.52. The van der Waals surface area contributed by atoms with Gasteiger partial charge in [-0.1, -0.05) is 0 Å². The van der Waals surface area contributed by atoms with Crippen LogP contribution in [0, 0.1) is 0 Å². The molecule has 1 amide bonds. The van der Waals surface area contributed by atoms with Gasteiger partial charge >= 0.3 is 5.97 Å². The molecule has 1 saturated heterocycles. The van der Waals surface area contributed by atoms with E-state index in [1.165, 1.54) is 6.92 Å². The highest BCUT2D eigenvalue weighted by Crippen LogP contribution is 2.29. The molecule has 0 saturated carbocycles. The lowest BCUT2D eigenvalue weighted by Gasteiger charge is -2.32. The first-order valence-corrected chi connectivity index (χ1v) is 7.75. The molecule has 0 radical (unpaired) electrons. The van der Waals surface area contributed by atoms with Crippen LogP contribution in [0.15, 0.2) is 0 Å². The molecule has 2 aliphatic heterocycles. The quantitative estimate of drug-likeness (QED) is 0.872. The average molecular weight is 306 g/mol. The van der Waals surface area contributed by atoms with Gasteiger partial charge in [0.1, 0.15) is 0 Å². The van der Waals surface area contributed by atoms with E-state index in [1.54, 1.807) is 4.90 Å². The SMILES string of the molecule is CC(=O)N1CCc2c(c(C(=O)O)nn2C2CCN(C)CC2)C1. The third-order valence-electron chi connectivity index (χ3n) is 4.77. The van der Waals surface area contributed by atoms with Crippen LogP contribution in [0.5, 0.6) is 0 Å². The van der Waals surface area contributed by atoms with E-state index in [1.807, 2.05) is 4.68 Å². The second kappa shape index (κ2) is 5.72. The van der Waals surface area contributed by atoms with Crippen molar-refractivity contribution >= 4 is 11.9 Å². The highest BCUT2D eigenvalue weighted by molar-refractivity contribution is 5.87. The van der Waals surface area contributed by atoms with Gasteiger partial charge in [-0.2, -0.15) is 5.10 Å². The molecule has 0 spiro atoms. The Morgan fingerprint density at radius 2 is 1.91 bits per heavy atom. The van der Waals surface area contributed by atoms with E-state index in [2.05, 4.69) is 17.0 Å². The van der Waals surface area contributed by atoms with Crippen LogP contribution in [0.25, 0.3) is 0 Å². The van der Waals surface area contributed by atoms with E-state index in [9.17, 15) is 14.7 Å². The van der Waals surface area contributed by atoms with Gasteiger partial charge in [0.2, 0.25) is 5.91 Å². The number of aromatic nitrogens is 2. The summed E-state index contributed by atoms with van der Waals surface area (Å²) in [7, 11) is 2.10. The summed E-state index contributed by atoms with van der Waals surface area (Å²) >= 11 is 0. The summed E-state index contributed by atoms with van der Waals surface area (Å²) in [5.74, 6) is -1.03. The first-order valence-electron chi connectivity index (χ1n) is 7.75. The molecule has 0 aromatic carbocycles. The lowest BCUT2D eigenvalue weighted by Crippen LogP contribution is -2.36. The minimum absolute atomic E-state index is 0.0194. The van der Waals surface area contributed by atoms with Crippen molar-refractivity contribution in [3.63, 3.8) is 0 Å². The molecule has 120 valence electrons. The van der Waals surface area contributed by atoms with E-state index in [4.69, 9.17) is 0 Å². The summed E-state index contributed by atoms with van der Waals surface area (Å²) in [6.07, 6.45) is 2.65. The summed E-state index contributed by atoms with van der Waals surface area (Å²) in [4.78, 5) is 27.1. The largest absolute Gasteiger partial charge is 0.476 e. The highest BCUT2D eigenvalue weighted by Gasteiger charge is 2.31. The normalized spacial score (nSPS) is 20.0. The van der Waals surface area contributed by atoms with Crippen LogP contribution < -0.4 is 0 Å². The van der Waals surface area contributed by atoms with Gasteiger partial charge in [-0.25, -0.2) is 4.79 Å². The maximum Gasteiger partial charge on any atom is 0.356 e. The molecule has 0 bridgehead atoms. The van der Waals surface area contributed by atoms with Gasteiger partial charge in [-0.05, 0) is 33.0 Å². The van der Waals surface area contributed by atoms with Crippen molar-refractivity contribution < 1.29 is 14.7 Å². The fourth-order valence-electron chi connectivity index (χ4n) is 3.43. The minimum atomic E-state index is -1.01. The van der Waals surface area contributed by atoms with Gasteiger partial charge in [0.05, 0.1) is 6.04 Å². The molecule has 3 heterocycles. The van der Waals surface area contributed by atoms with Gasteiger partial charge < -0.3 is 14.9 Å². The van der Waals surface area contributed by atoms with Crippen LogP contribution in [0.4, 0.5) is 0 Å². The number of carboxylic acid groups (broad SMARTS) is 1. The lowest BCUT2D eigenvalue weighted by molar-refractivity contribution is -0.129. The molecule has 22 heavy (non-hydrogen) atoms. The molecule has 0 aliphatic carbocycles. The smallest absolute Gasteiger partial charge is 0.356 e. The third-order valence-corrected chi connectivity index (χ3v) is 4.77. The monoisotopic (exact) mass is 306 g/mol. The van der Waals surface area contributed by atoms with Gasteiger partial charge in [0.25, 0.3) is 0 Å². The van der Waals surface area contributed by atoms with E-state index >= 15 is 0 Å². The Balaban J connectivity index is 1.94. The fraction of sp³-hybridized carbons (Fsp3) is 0.667. The molecule has 0 unspecified atom stereocenters. The molecule has 2 aliphatic rings. The Kier molecular flexibility index (Phi) is 3.90. The topological polar surface area (TPSA) is 78.7 Å². The molecule has 0 atom stereocenters. The summed E-state index contributed by atoms with van der Waals surface area (Å²) in [6, 6.07) is 0.266. The van der Waals surface area contributed by atoms with Crippen molar-refractivity contribution in [3.05, 3.63) is 17.0 Å². The number of likely N-dealkylation sites (tertiary alicyclic amines) is 1. The molecule has 1 aromatic rings. The Hall–Kier alpha value is -1.89. The Morgan fingerprint density at radius 3 is 2.50 bits per heavy atom. The van der Waals surface area contributed by atoms with Crippen LogP contribution in [0.3, 0.4) is 0 Å². The number of amides is 1. The van der Waals surface area contributed by atoms with Crippen LogP contribution in [-0.2, 0) is 17.8 Å². The predicted molar refractivity (Wildman–Crippen MR) is 79.7 cm³/mol. The number of carbonyl (C=O) groups excluding carboxylic acids is 1. The van der Waals surface area contributed by atoms with E-state index < -0.39 is 5.97 Å². The van der Waals surface area contributed by atoms with Crippen molar-refractivity contribution in [2.45, 2.75) is 38.8 Å². The average Bonchev–Trinajstić information content (AvgIpc) is 2.87. The molecule has 3 rings (SSSR count). The number of hydrogen-bond acceptors (Lipinski definition) is 4. The summed E-state index contributed by atoms with van der Waals surface area (Å²) < 4.78 is 1.93. The number of nitrogens with zero attached hydrogens (tertiary/aromatic N) is 4. The summed E-state index contributed by atoms with van der Waals surface area (Å²) in [5.41, 5.74) is 1.83. The zero-order chi connectivity index (χ0) is 15.9. The first kappa shape index (κ1) is 15.0. The molecule has 1 N–H and O–H groups in total. The van der Waals surface area contributed by atoms with Crippen LogP contribution in [0.2, 0.25) is 0 Å². The lowest BCUT2D eigenvalue weighted by atomic mass is 10.0. The van der Waals surface area contributed by atoms with Crippen LogP contribution in [-0.4, -0.2) is 63.2 Å². The number of aromatic carboxylic acids is 1. The molecular weight excluding hydrogens is 284 g/mol. The second-order valence-corrected chi connectivity index (χ2v) is 6.25. The predicted octanol–water partition coefficient (Wildman–Crippen LogP) is 0.753. The summed E-state index contributed by atoms with van der Waals surface area (Å²) in [5, 5.41) is 13.8. The maximum absolute atomic E-state index is 11.6. The zero-order valence-corrected chi connectivity index (χ0v) is 13.1. The fourth-order valence-corrected chi connectivity index (χ4v) is 3.43. The third kappa shape index (κ3) is 2.61. The van der Waals surface area contributed by atoms with E-state index in [0.717, 1.165) is 31.6 Å². The second-order valence-electron chi connectivity index (χ2n) is 6.25. The van der Waals surface area contributed by atoms with Gasteiger partial charge in [-0.3, -0.25) is 9.48 Å². The van der Waals surface area contributed by atoms with Crippen molar-refractivity contribution in [3.8, 4) is 0 Å². The number of hydrogen-bond donors (Lipinski definition) is 1. The van der Waals surface area contributed by atoms with Crippen molar-refractivity contribution in [2.24, 2.45) is 0 Å². The van der Waals surface area contributed by atoms with Gasteiger partial charge in [-0.15, -0.1) is 0 Å². The maximum atomic E-state index is 11.6.